The van der Waals surface area contributed by atoms with Crippen LogP contribution in [0.2, 0.25) is 5.02 Å². The Kier molecular flexibility index (Phi) is 14.1. The summed E-state index contributed by atoms with van der Waals surface area (Å²) in [6, 6.07) is 34.6. The first kappa shape index (κ1) is 39.6. The van der Waals surface area contributed by atoms with Crippen molar-refractivity contribution in [2.45, 2.75) is 62.6 Å². The Morgan fingerprint density at radius 1 is 0.615 bits per heavy atom. The summed E-state index contributed by atoms with van der Waals surface area (Å²) >= 11 is 6.29. The minimum Gasteiger partial charge on any atom is -0.380 e. The molecule has 4 atom stereocenters. The van der Waals surface area contributed by atoms with E-state index in [1.165, 1.54) is 12.1 Å². The zero-order chi connectivity index (χ0) is 37.1. The first-order chi connectivity index (χ1) is 25.0. The van der Waals surface area contributed by atoms with Crippen LogP contribution in [0.15, 0.2) is 120 Å². The third-order valence-electron chi connectivity index (χ3n) is 10.6. The van der Waals surface area contributed by atoms with Crippen LogP contribution >= 0.6 is 11.6 Å². The van der Waals surface area contributed by atoms with E-state index in [1.54, 1.807) is 6.07 Å². The Hall–Kier alpha value is -3.58. The van der Waals surface area contributed by atoms with Gasteiger partial charge in [0.15, 0.2) is 0 Å². The summed E-state index contributed by atoms with van der Waals surface area (Å²) in [4.78, 5) is 4.28. The van der Waals surface area contributed by atoms with Gasteiger partial charge < -0.3 is 20.0 Å². The summed E-state index contributed by atoms with van der Waals surface area (Å²) in [5.41, 5.74) is 3.69. The van der Waals surface area contributed by atoms with Crippen molar-refractivity contribution in [2.24, 2.45) is 11.8 Å². The van der Waals surface area contributed by atoms with Crippen LogP contribution in [0.5, 0.6) is 0 Å². The highest BCUT2D eigenvalue weighted by Crippen LogP contribution is 2.47. The average molecular weight is 723 g/mol. The zero-order valence-electron chi connectivity index (χ0n) is 31.3. The molecule has 2 aliphatic carbocycles. The predicted octanol–water partition coefficient (Wildman–Crippen LogP) is 10.2. The number of hydrogen-bond donors (Lipinski definition) is 2. The minimum absolute atomic E-state index is 0.0248. The average Bonchev–Trinajstić information content (AvgIpc) is 3.37. The van der Waals surface area contributed by atoms with E-state index in [2.05, 4.69) is 48.2 Å². The molecule has 4 aromatic carbocycles. The molecule has 276 valence electrons. The van der Waals surface area contributed by atoms with Crippen molar-refractivity contribution in [2.75, 3.05) is 41.3 Å². The molecule has 52 heavy (non-hydrogen) atoms. The number of halogens is 2. The molecule has 4 aromatic rings. The van der Waals surface area contributed by atoms with Gasteiger partial charge in [0.25, 0.3) is 0 Å². The second kappa shape index (κ2) is 18.4. The second-order valence-electron chi connectivity index (χ2n) is 15.1. The fourth-order valence-corrected chi connectivity index (χ4v) is 8.41. The summed E-state index contributed by atoms with van der Waals surface area (Å²) in [6.45, 7) is 1.61. The molecular formula is C46H56ClFN2O2. The van der Waals surface area contributed by atoms with Crippen molar-refractivity contribution < 1.29 is 14.6 Å². The summed E-state index contributed by atoms with van der Waals surface area (Å²) in [5, 5.41) is 24.8. The van der Waals surface area contributed by atoms with E-state index >= 15 is 0 Å². The van der Waals surface area contributed by atoms with E-state index < -0.39 is 11.2 Å². The number of nitrogens with zero attached hydrogens (tertiary/aromatic N) is 2. The maximum absolute atomic E-state index is 14.0. The lowest BCUT2D eigenvalue weighted by molar-refractivity contribution is 0.000173. The lowest BCUT2D eigenvalue weighted by Crippen LogP contribution is -2.41. The van der Waals surface area contributed by atoms with Gasteiger partial charge in [-0.2, -0.15) is 0 Å². The smallest absolute Gasteiger partial charge is 0.123 e. The van der Waals surface area contributed by atoms with Crippen LogP contribution in [0.4, 0.5) is 4.39 Å². The Morgan fingerprint density at radius 3 is 1.48 bits per heavy atom. The van der Waals surface area contributed by atoms with Gasteiger partial charge in [0.2, 0.25) is 0 Å². The van der Waals surface area contributed by atoms with Crippen LogP contribution in [0.3, 0.4) is 0 Å². The van der Waals surface area contributed by atoms with E-state index in [9.17, 15) is 14.6 Å². The van der Waals surface area contributed by atoms with Gasteiger partial charge in [0, 0.05) is 29.9 Å². The van der Waals surface area contributed by atoms with E-state index in [0.717, 1.165) is 92.3 Å². The number of aliphatic hydroxyl groups is 2. The Labute approximate surface area is 316 Å². The highest BCUT2D eigenvalue weighted by atomic mass is 35.5. The lowest BCUT2D eigenvalue weighted by Gasteiger charge is -2.39. The SMILES string of the molecule is CN(C)CC1CCCCC(=Cc2ccccc2)C1(O)c1cccc(Cl)c1.CN(C)CC1CCCCC(=Cc2ccccc2)C1(O)c1cccc(F)c1. The molecule has 0 spiro atoms. The molecule has 2 saturated carbocycles. The van der Waals surface area contributed by atoms with Crippen LogP contribution in [-0.2, 0) is 11.2 Å². The summed E-state index contributed by atoms with van der Waals surface area (Å²) < 4.78 is 14.0. The highest BCUT2D eigenvalue weighted by molar-refractivity contribution is 6.30. The zero-order valence-corrected chi connectivity index (χ0v) is 32.1. The topological polar surface area (TPSA) is 46.9 Å². The predicted molar refractivity (Wildman–Crippen MR) is 216 cm³/mol. The largest absolute Gasteiger partial charge is 0.380 e. The molecule has 6 rings (SSSR count). The van der Waals surface area contributed by atoms with E-state index in [0.29, 0.717) is 10.6 Å². The Bertz CT molecular complexity index is 1640. The van der Waals surface area contributed by atoms with E-state index in [4.69, 9.17) is 11.6 Å². The minimum atomic E-state index is -1.15. The first-order valence-corrected chi connectivity index (χ1v) is 19.2. The monoisotopic (exact) mass is 722 g/mol. The number of benzene rings is 4. The first-order valence-electron chi connectivity index (χ1n) is 18.8. The van der Waals surface area contributed by atoms with Gasteiger partial charge in [-0.3, -0.25) is 0 Å². The Balaban J connectivity index is 0.000000201. The molecule has 4 nitrogen and oxygen atoms in total. The molecule has 0 saturated heterocycles. The molecule has 0 radical (unpaired) electrons. The van der Waals surface area contributed by atoms with Gasteiger partial charge in [-0.05, 0) is 124 Å². The molecule has 0 heterocycles. The summed E-state index contributed by atoms with van der Waals surface area (Å²) in [7, 11) is 8.20. The van der Waals surface area contributed by atoms with Crippen LogP contribution < -0.4 is 0 Å². The maximum atomic E-state index is 14.0. The molecule has 2 fully saturated rings. The molecule has 4 unspecified atom stereocenters. The van der Waals surface area contributed by atoms with Crippen molar-refractivity contribution in [3.8, 4) is 0 Å². The molecule has 0 aliphatic heterocycles. The van der Waals surface area contributed by atoms with Crippen molar-refractivity contribution in [3.05, 3.63) is 153 Å². The third-order valence-corrected chi connectivity index (χ3v) is 10.9. The van der Waals surface area contributed by atoms with E-state index in [1.807, 2.05) is 93.0 Å². The van der Waals surface area contributed by atoms with Gasteiger partial charge in [0.1, 0.15) is 17.0 Å². The van der Waals surface area contributed by atoms with Crippen molar-refractivity contribution >= 4 is 23.8 Å². The summed E-state index contributed by atoms with van der Waals surface area (Å²) in [5.74, 6) is -0.145. The number of hydrogen-bond acceptors (Lipinski definition) is 4. The van der Waals surface area contributed by atoms with Gasteiger partial charge in [-0.25, -0.2) is 4.39 Å². The van der Waals surface area contributed by atoms with Gasteiger partial charge in [0.05, 0.1) is 0 Å². The van der Waals surface area contributed by atoms with Crippen molar-refractivity contribution in [1.82, 2.24) is 9.80 Å². The van der Waals surface area contributed by atoms with Gasteiger partial charge in [-0.15, -0.1) is 0 Å². The third kappa shape index (κ3) is 9.89. The van der Waals surface area contributed by atoms with E-state index in [-0.39, 0.29) is 17.7 Å². The van der Waals surface area contributed by atoms with Gasteiger partial charge in [-0.1, -0.05) is 122 Å². The molecular weight excluding hydrogens is 667 g/mol. The standard InChI is InChI=1S/C23H28ClNO.C23H28FNO/c2*1-25(2)17-21-12-7-6-11-19(15-18-9-4-3-5-10-18)23(21,26)20-13-8-14-22(24)16-20/h2*3-5,8-10,13-16,21,26H,6-7,11-12,17H2,1-2H3. The fraction of sp³-hybridized carbons (Fsp3) is 0.391. The van der Waals surface area contributed by atoms with Gasteiger partial charge >= 0.3 is 0 Å². The van der Waals surface area contributed by atoms with Crippen LogP contribution in [0, 0.1) is 17.7 Å². The molecule has 6 heteroatoms. The fourth-order valence-electron chi connectivity index (χ4n) is 8.22. The molecule has 2 aliphatic rings. The summed E-state index contributed by atoms with van der Waals surface area (Å²) in [6.07, 6.45) is 12.3. The number of rotatable bonds is 8. The normalized spacial score (nSPS) is 25.4. The maximum Gasteiger partial charge on any atom is 0.123 e. The molecule has 0 amide bonds. The second-order valence-corrected chi connectivity index (χ2v) is 15.6. The molecule has 2 N–H and O–H groups in total. The quantitative estimate of drug-likeness (QED) is 0.178. The van der Waals surface area contributed by atoms with Crippen molar-refractivity contribution in [1.29, 1.82) is 0 Å². The molecule has 0 bridgehead atoms. The lowest BCUT2D eigenvalue weighted by atomic mass is 9.74. The van der Waals surface area contributed by atoms with Crippen LogP contribution in [-0.4, -0.2) is 61.3 Å². The Morgan fingerprint density at radius 2 is 1.06 bits per heavy atom. The van der Waals surface area contributed by atoms with Crippen LogP contribution in [0.25, 0.3) is 12.2 Å². The highest BCUT2D eigenvalue weighted by Gasteiger charge is 2.44. The van der Waals surface area contributed by atoms with Crippen molar-refractivity contribution in [3.63, 3.8) is 0 Å². The molecule has 0 aromatic heterocycles. The van der Waals surface area contributed by atoms with Crippen LogP contribution in [0.1, 0.15) is 73.6 Å².